The summed E-state index contributed by atoms with van der Waals surface area (Å²) in [7, 11) is 0. The highest BCUT2D eigenvalue weighted by atomic mass is 16.5. The van der Waals surface area contributed by atoms with E-state index in [1.165, 1.54) is 0 Å². The number of rotatable bonds is 6. The van der Waals surface area contributed by atoms with Crippen LogP contribution in [0, 0.1) is 0 Å². The molecule has 30 heavy (non-hydrogen) atoms. The zero-order valence-electron chi connectivity index (χ0n) is 16.0. The first kappa shape index (κ1) is 17.8. The van der Waals surface area contributed by atoms with Crippen molar-refractivity contribution in [2.24, 2.45) is 5.10 Å². The van der Waals surface area contributed by atoms with Crippen LogP contribution in [0.4, 0.5) is 5.82 Å². The Labute approximate surface area is 172 Å². The first-order valence-corrected chi connectivity index (χ1v) is 9.51. The van der Waals surface area contributed by atoms with Crippen molar-refractivity contribution in [1.29, 1.82) is 0 Å². The van der Waals surface area contributed by atoms with E-state index in [1.807, 2.05) is 78.9 Å². The third-order valence-electron chi connectivity index (χ3n) is 4.67. The first-order chi connectivity index (χ1) is 14.9. The van der Waals surface area contributed by atoms with Crippen LogP contribution in [0.3, 0.4) is 0 Å². The van der Waals surface area contributed by atoms with Crippen LogP contribution >= 0.6 is 0 Å². The summed E-state index contributed by atoms with van der Waals surface area (Å²) < 4.78 is 7.46. The maximum atomic E-state index is 5.82. The Morgan fingerprint density at radius 2 is 1.67 bits per heavy atom. The Bertz CT molecular complexity index is 1310. The molecule has 0 amide bonds. The van der Waals surface area contributed by atoms with Crippen molar-refractivity contribution in [3.63, 3.8) is 0 Å². The van der Waals surface area contributed by atoms with Gasteiger partial charge in [-0.2, -0.15) is 9.62 Å². The number of nitrogens with zero attached hydrogens (tertiary/aromatic N) is 5. The summed E-state index contributed by atoms with van der Waals surface area (Å²) in [5, 5.41) is 18.8. The zero-order chi connectivity index (χ0) is 20.2. The van der Waals surface area contributed by atoms with Crippen molar-refractivity contribution in [1.82, 2.24) is 19.8 Å². The molecule has 0 bridgehead atoms. The highest BCUT2D eigenvalue weighted by molar-refractivity contribution is 5.99. The highest BCUT2D eigenvalue weighted by Crippen LogP contribution is 2.23. The van der Waals surface area contributed by atoms with E-state index in [0.29, 0.717) is 18.1 Å². The van der Waals surface area contributed by atoms with E-state index in [1.54, 1.807) is 17.1 Å². The van der Waals surface area contributed by atoms with E-state index in [9.17, 15) is 0 Å². The topological polar surface area (TPSA) is 76.7 Å². The Morgan fingerprint density at radius 1 is 0.900 bits per heavy atom. The van der Waals surface area contributed by atoms with Gasteiger partial charge >= 0.3 is 0 Å². The van der Waals surface area contributed by atoms with Crippen LogP contribution in [0.2, 0.25) is 0 Å². The molecule has 0 spiro atoms. The molecule has 0 fully saturated rings. The molecule has 5 aromatic rings. The smallest absolute Gasteiger partial charge is 0.185 e. The minimum Gasteiger partial charge on any atom is -0.489 e. The number of ether oxygens (including phenoxy) is 1. The second-order valence-corrected chi connectivity index (χ2v) is 6.71. The van der Waals surface area contributed by atoms with Crippen molar-refractivity contribution in [3.05, 3.63) is 96.3 Å². The van der Waals surface area contributed by atoms with Gasteiger partial charge in [0.05, 0.1) is 6.21 Å². The maximum Gasteiger partial charge on any atom is 0.185 e. The molecule has 0 aliphatic rings. The van der Waals surface area contributed by atoms with Crippen molar-refractivity contribution < 1.29 is 4.74 Å². The lowest BCUT2D eigenvalue weighted by atomic mass is 10.2. The Hall–Kier alpha value is -4.26. The molecule has 1 N–H and O–H groups in total. The number of hydrazone groups is 1. The molecule has 3 aromatic carbocycles. The number of aromatic nitrogens is 4. The summed E-state index contributed by atoms with van der Waals surface area (Å²) in [6, 6.07) is 25.8. The van der Waals surface area contributed by atoms with E-state index in [2.05, 4.69) is 25.8 Å². The number of fused-ring (bicyclic) bond motifs is 3. The summed E-state index contributed by atoms with van der Waals surface area (Å²) in [6.07, 6.45) is 3.32. The minimum atomic E-state index is 0.542. The van der Waals surface area contributed by atoms with Crippen molar-refractivity contribution in [3.8, 4) is 5.75 Å². The molecule has 0 radical (unpaired) electrons. The van der Waals surface area contributed by atoms with Crippen LogP contribution in [-0.4, -0.2) is 26.0 Å². The predicted molar refractivity (Wildman–Crippen MR) is 117 cm³/mol. The average molecular weight is 394 g/mol. The normalized spacial score (nSPS) is 11.3. The van der Waals surface area contributed by atoms with Gasteiger partial charge in [0, 0.05) is 10.8 Å². The SMILES string of the molecule is C(=N/Nc1nn2cnnc2c2ccccc12)/c1ccc(OCc2ccccc2)cc1. The average Bonchev–Trinajstić information content (AvgIpc) is 3.28. The van der Waals surface area contributed by atoms with E-state index < -0.39 is 0 Å². The van der Waals surface area contributed by atoms with Crippen LogP contribution in [0.5, 0.6) is 5.75 Å². The molecule has 0 saturated heterocycles. The van der Waals surface area contributed by atoms with Gasteiger partial charge in [0.1, 0.15) is 18.7 Å². The van der Waals surface area contributed by atoms with Crippen LogP contribution < -0.4 is 10.2 Å². The first-order valence-electron chi connectivity index (χ1n) is 9.51. The van der Waals surface area contributed by atoms with Gasteiger partial charge in [-0.25, -0.2) is 0 Å². The third-order valence-corrected chi connectivity index (χ3v) is 4.67. The quantitative estimate of drug-likeness (QED) is 0.343. The lowest BCUT2D eigenvalue weighted by Crippen LogP contribution is -2.00. The van der Waals surface area contributed by atoms with Crippen molar-refractivity contribution >= 4 is 28.5 Å². The van der Waals surface area contributed by atoms with Gasteiger partial charge in [0.2, 0.25) is 0 Å². The Morgan fingerprint density at radius 3 is 2.50 bits per heavy atom. The van der Waals surface area contributed by atoms with Crippen LogP contribution in [0.1, 0.15) is 11.1 Å². The summed E-state index contributed by atoms with van der Waals surface area (Å²) >= 11 is 0. The lowest BCUT2D eigenvalue weighted by molar-refractivity contribution is 0.306. The highest BCUT2D eigenvalue weighted by Gasteiger charge is 2.08. The van der Waals surface area contributed by atoms with E-state index in [-0.39, 0.29) is 0 Å². The molecule has 2 heterocycles. The fourth-order valence-electron chi connectivity index (χ4n) is 3.17. The van der Waals surface area contributed by atoms with Crippen LogP contribution in [0.15, 0.2) is 90.3 Å². The van der Waals surface area contributed by atoms with Crippen molar-refractivity contribution in [2.45, 2.75) is 6.61 Å². The Kier molecular flexibility index (Phi) is 4.75. The lowest BCUT2D eigenvalue weighted by Gasteiger charge is -2.07. The van der Waals surface area contributed by atoms with Gasteiger partial charge in [0.25, 0.3) is 0 Å². The Balaban J connectivity index is 1.29. The second kappa shape index (κ2) is 8.00. The third kappa shape index (κ3) is 3.68. The molecule has 0 aliphatic heterocycles. The molecular formula is C23H18N6O. The van der Waals surface area contributed by atoms with Gasteiger partial charge in [-0.1, -0.05) is 54.6 Å². The number of anilines is 1. The summed E-state index contributed by atoms with van der Waals surface area (Å²) in [5.41, 5.74) is 5.83. The second-order valence-electron chi connectivity index (χ2n) is 6.71. The van der Waals surface area contributed by atoms with Gasteiger partial charge in [-0.15, -0.1) is 15.3 Å². The number of benzene rings is 3. The molecule has 0 unspecified atom stereocenters. The predicted octanol–water partition coefficient (Wildman–Crippen LogP) is 4.30. The molecular weight excluding hydrogens is 376 g/mol. The van der Waals surface area contributed by atoms with E-state index >= 15 is 0 Å². The fraction of sp³-hybridized carbons (Fsp3) is 0.0435. The summed E-state index contributed by atoms with van der Waals surface area (Å²) in [5.74, 6) is 1.45. The standard InChI is InChI=1S/C23H18N6O/c1-2-6-18(7-3-1)15-30-19-12-10-17(11-13-19)14-24-26-22-20-8-4-5-9-21(20)23-27-25-16-29(23)28-22/h1-14,16H,15H2,(H,26,28)/b24-14-. The maximum absolute atomic E-state index is 5.82. The van der Waals surface area contributed by atoms with Crippen molar-refractivity contribution in [2.75, 3.05) is 5.43 Å². The summed E-state index contributed by atoms with van der Waals surface area (Å²) in [4.78, 5) is 0. The zero-order valence-corrected chi connectivity index (χ0v) is 16.0. The van der Waals surface area contributed by atoms with Crippen LogP contribution in [0.25, 0.3) is 16.4 Å². The number of nitrogens with one attached hydrogen (secondary N) is 1. The molecule has 146 valence electrons. The van der Waals surface area contributed by atoms with E-state index in [0.717, 1.165) is 27.6 Å². The summed E-state index contributed by atoms with van der Waals surface area (Å²) in [6.45, 7) is 0.542. The number of hydrogen-bond donors (Lipinski definition) is 1. The molecule has 7 heteroatoms. The van der Waals surface area contributed by atoms with Gasteiger partial charge in [0.15, 0.2) is 11.5 Å². The largest absolute Gasteiger partial charge is 0.489 e. The molecule has 0 aliphatic carbocycles. The van der Waals surface area contributed by atoms with Gasteiger partial charge in [-0.05, 0) is 35.4 Å². The molecule has 0 atom stereocenters. The van der Waals surface area contributed by atoms with Crippen LogP contribution in [-0.2, 0) is 6.61 Å². The van der Waals surface area contributed by atoms with Gasteiger partial charge in [-0.3, -0.25) is 5.43 Å². The monoisotopic (exact) mass is 394 g/mol. The minimum absolute atomic E-state index is 0.542. The van der Waals surface area contributed by atoms with E-state index in [4.69, 9.17) is 4.74 Å². The molecule has 0 saturated carbocycles. The molecule has 5 rings (SSSR count). The van der Waals surface area contributed by atoms with Gasteiger partial charge < -0.3 is 4.74 Å². The fourth-order valence-corrected chi connectivity index (χ4v) is 3.17. The molecule has 2 aromatic heterocycles. The number of hydrogen-bond acceptors (Lipinski definition) is 6. The molecule has 7 nitrogen and oxygen atoms in total.